The molecule has 5 nitrogen and oxygen atoms in total. The molecule has 1 aromatic heterocycles. The number of aliphatic carboxylic acids is 1. The highest BCUT2D eigenvalue weighted by Crippen LogP contribution is 2.23. The summed E-state index contributed by atoms with van der Waals surface area (Å²) >= 11 is 7.22. The fourth-order valence-electron chi connectivity index (χ4n) is 1.94. The fourth-order valence-corrected chi connectivity index (χ4v) is 3.02. The molecule has 0 saturated carbocycles. The van der Waals surface area contributed by atoms with Gasteiger partial charge in [0.2, 0.25) is 5.91 Å². The number of carboxylic acid groups (broad SMARTS) is 1. The first-order valence-electron chi connectivity index (χ1n) is 5.88. The fraction of sp³-hybridized carbons (Fsp3) is 0.500. The predicted octanol–water partition coefficient (Wildman–Crippen LogP) is 1.69. The molecule has 104 valence electrons. The molecular formula is C12H14ClNO4S. The second-order valence-electron chi connectivity index (χ2n) is 4.44. The van der Waals surface area contributed by atoms with Crippen LogP contribution in [0.2, 0.25) is 4.34 Å². The summed E-state index contributed by atoms with van der Waals surface area (Å²) in [6.07, 6.45) is 1.10. The predicted molar refractivity (Wildman–Crippen MR) is 71.6 cm³/mol. The third kappa shape index (κ3) is 3.46. The van der Waals surface area contributed by atoms with E-state index in [0.717, 1.165) is 4.88 Å². The molecule has 1 amide bonds. The summed E-state index contributed by atoms with van der Waals surface area (Å²) in [5.41, 5.74) is -1.26. The maximum atomic E-state index is 11.8. The highest BCUT2D eigenvalue weighted by Gasteiger charge is 2.43. The first-order chi connectivity index (χ1) is 9.02. The number of carbonyl (C=O) groups is 2. The lowest BCUT2D eigenvalue weighted by atomic mass is 9.98. The van der Waals surface area contributed by atoms with Crippen LogP contribution in [-0.2, 0) is 20.7 Å². The van der Waals surface area contributed by atoms with Crippen molar-refractivity contribution >= 4 is 34.8 Å². The van der Waals surface area contributed by atoms with E-state index in [0.29, 0.717) is 23.8 Å². The lowest BCUT2D eigenvalue weighted by Gasteiger charge is -2.23. The van der Waals surface area contributed by atoms with Crippen molar-refractivity contribution in [3.8, 4) is 0 Å². The number of ether oxygens (including phenoxy) is 1. The Labute approximate surface area is 119 Å². The molecule has 1 aromatic rings. The summed E-state index contributed by atoms with van der Waals surface area (Å²) in [5, 5.41) is 11.8. The van der Waals surface area contributed by atoms with Gasteiger partial charge in [0.05, 0.1) is 10.9 Å². The van der Waals surface area contributed by atoms with Crippen molar-refractivity contribution in [3.63, 3.8) is 0 Å². The van der Waals surface area contributed by atoms with Crippen molar-refractivity contribution in [1.82, 2.24) is 5.32 Å². The van der Waals surface area contributed by atoms with Gasteiger partial charge in [0.1, 0.15) is 0 Å². The van der Waals surface area contributed by atoms with Crippen LogP contribution in [0.4, 0.5) is 0 Å². The summed E-state index contributed by atoms with van der Waals surface area (Å²) in [4.78, 5) is 24.1. The third-order valence-electron chi connectivity index (χ3n) is 3.04. The molecule has 2 N–H and O–H groups in total. The Balaban J connectivity index is 1.88. The van der Waals surface area contributed by atoms with E-state index in [2.05, 4.69) is 5.32 Å². The van der Waals surface area contributed by atoms with Crippen LogP contribution in [-0.4, -0.2) is 35.7 Å². The van der Waals surface area contributed by atoms with Crippen molar-refractivity contribution < 1.29 is 19.4 Å². The van der Waals surface area contributed by atoms with Gasteiger partial charge in [-0.05, 0) is 18.6 Å². The Bertz CT molecular complexity index is 482. The van der Waals surface area contributed by atoms with E-state index >= 15 is 0 Å². The topological polar surface area (TPSA) is 75.6 Å². The van der Waals surface area contributed by atoms with Crippen LogP contribution in [0.25, 0.3) is 0 Å². The van der Waals surface area contributed by atoms with Crippen LogP contribution >= 0.6 is 22.9 Å². The molecule has 1 aliphatic rings. The number of rotatable bonds is 5. The van der Waals surface area contributed by atoms with Crippen molar-refractivity contribution in [3.05, 3.63) is 21.3 Å². The maximum Gasteiger partial charge on any atom is 0.331 e. The molecule has 2 heterocycles. The SMILES string of the molecule is O=C(CCc1ccc(Cl)s1)NC1(C(=O)O)CCOC1. The van der Waals surface area contributed by atoms with Gasteiger partial charge < -0.3 is 15.2 Å². The molecule has 1 atom stereocenters. The van der Waals surface area contributed by atoms with Gasteiger partial charge in [0.25, 0.3) is 0 Å². The minimum absolute atomic E-state index is 0.0267. The standard InChI is InChI=1S/C12H14ClNO4S/c13-9-3-1-8(19-9)2-4-10(15)14-12(11(16)17)5-6-18-7-12/h1,3H,2,4-7H2,(H,14,15)(H,16,17). The quantitative estimate of drug-likeness (QED) is 0.868. The minimum Gasteiger partial charge on any atom is -0.479 e. The molecule has 2 rings (SSSR count). The van der Waals surface area contributed by atoms with Crippen LogP contribution < -0.4 is 5.32 Å². The van der Waals surface area contributed by atoms with E-state index in [9.17, 15) is 14.7 Å². The van der Waals surface area contributed by atoms with E-state index in [4.69, 9.17) is 16.3 Å². The first kappa shape index (κ1) is 14.3. The largest absolute Gasteiger partial charge is 0.479 e. The average Bonchev–Trinajstić information content (AvgIpc) is 2.97. The minimum atomic E-state index is -1.26. The molecule has 1 aliphatic heterocycles. The number of hydrogen-bond donors (Lipinski definition) is 2. The Kier molecular flexibility index (Phi) is 4.44. The van der Waals surface area contributed by atoms with Gasteiger partial charge in [-0.1, -0.05) is 11.6 Å². The van der Waals surface area contributed by atoms with Gasteiger partial charge in [-0.2, -0.15) is 0 Å². The zero-order valence-corrected chi connectivity index (χ0v) is 11.7. The molecule has 1 unspecified atom stereocenters. The molecular weight excluding hydrogens is 290 g/mol. The molecule has 0 aliphatic carbocycles. The Hall–Kier alpha value is -1.11. The Morgan fingerprint density at radius 2 is 2.32 bits per heavy atom. The molecule has 0 spiro atoms. The van der Waals surface area contributed by atoms with Gasteiger partial charge in [-0.15, -0.1) is 11.3 Å². The van der Waals surface area contributed by atoms with Gasteiger partial charge in [-0.25, -0.2) is 4.79 Å². The van der Waals surface area contributed by atoms with Crippen LogP contribution in [0.3, 0.4) is 0 Å². The van der Waals surface area contributed by atoms with Gasteiger partial charge in [0.15, 0.2) is 5.54 Å². The first-order valence-corrected chi connectivity index (χ1v) is 7.08. The van der Waals surface area contributed by atoms with Gasteiger partial charge in [-0.3, -0.25) is 4.79 Å². The number of aryl methyl sites for hydroxylation is 1. The van der Waals surface area contributed by atoms with Gasteiger partial charge in [0, 0.05) is 24.3 Å². The number of nitrogens with one attached hydrogen (secondary N) is 1. The summed E-state index contributed by atoms with van der Waals surface area (Å²) in [7, 11) is 0. The molecule has 1 fully saturated rings. The number of carboxylic acids is 1. The molecule has 1 saturated heterocycles. The van der Waals surface area contributed by atoms with E-state index in [1.807, 2.05) is 6.07 Å². The lowest BCUT2D eigenvalue weighted by molar-refractivity contribution is -0.147. The number of carbonyl (C=O) groups excluding carboxylic acids is 1. The van der Waals surface area contributed by atoms with Crippen molar-refractivity contribution in [2.75, 3.05) is 13.2 Å². The summed E-state index contributed by atoms with van der Waals surface area (Å²) < 4.78 is 5.76. The molecule has 7 heteroatoms. The van der Waals surface area contributed by atoms with Crippen LogP contribution in [0.1, 0.15) is 17.7 Å². The molecule has 0 radical (unpaired) electrons. The number of thiophene rings is 1. The molecule has 0 bridgehead atoms. The second-order valence-corrected chi connectivity index (χ2v) is 6.24. The maximum absolute atomic E-state index is 11.8. The van der Waals surface area contributed by atoms with E-state index < -0.39 is 11.5 Å². The van der Waals surface area contributed by atoms with Crippen molar-refractivity contribution in [1.29, 1.82) is 0 Å². The molecule has 19 heavy (non-hydrogen) atoms. The summed E-state index contributed by atoms with van der Waals surface area (Å²) in [6.45, 7) is 0.381. The lowest BCUT2D eigenvalue weighted by Crippen LogP contribution is -2.55. The highest BCUT2D eigenvalue weighted by molar-refractivity contribution is 7.16. The third-order valence-corrected chi connectivity index (χ3v) is 4.33. The Morgan fingerprint density at radius 1 is 1.53 bits per heavy atom. The van der Waals surface area contributed by atoms with E-state index in [-0.39, 0.29) is 18.9 Å². The highest BCUT2D eigenvalue weighted by atomic mass is 35.5. The van der Waals surface area contributed by atoms with E-state index in [1.54, 1.807) is 6.07 Å². The number of amides is 1. The van der Waals surface area contributed by atoms with Gasteiger partial charge >= 0.3 is 5.97 Å². The number of hydrogen-bond acceptors (Lipinski definition) is 4. The van der Waals surface area contributed by atoms with E-state index in [1.165, 1.54) is 11.3 Å². The van der Waals surface area contributed by atoms with Crippen molar-refractivity contribution in [2.45, 2.75) is 24.8 Å². The average molecular weight is 304 g/mol. The summed E-state index contributed by atoms with van der Waals surface area (Å²) in [5.74, 6) is -1.32. The molecule has 0 aromatic carbocycles. The monoisotopic (exact) mass is 303 g/mol. The zero-order valence-electron chi connectivity index (χ0n) is 10.1. The Morgan fingerprint density at radius 3 is 2.84 bits per heavy atom. The smallest absolute Gasteiger partial charge is 0.331 e. The van der Waals surface area contributed by atoms with Crippen LogP contribution in [0, 0.1) is 0 Å². The number of halogens is 1. The zero-order chi connectivity index (χ0) is 13.9. The summed E-state index contributed by atoms with van der Waals surface area (Å²) in [6, 6.07) is 3.65. The van der Waals surface area contributed by atoms with Crippen molar-refractivity contribution in [2.24, 2.45) is 0 Å². The normalized spacial score (nSPS) is 22.4. The van der Waals surface area contributed by atoms with Crippen LogP contribution in [0.5, 0.6) is 0 Å². The van der Waals surface area contributed by atoms with Crippen LogP contribution in [0.15, 0.2) is 12.1 Å². The second kappa shape index (κ2) is 5.90.